The highest BCUT2D eigenvalue weighted by molar-refractivity contribution is 5.92. The van der Waals surface area contributed by atoms with Crippen molar-refractivity contribution in [1.29, 1.82) is 0 Å². The lowest BCUT2D eigenvalue weighted by molar-refractivity contribution is 0.0941. The van der Waals surface area contributed by atoms with E-state index in [0.29, 0.717) is 19.0 Å². The molecule has 4 heteroatoms. The molecule has 1 amide bonds. The third-order valence-electron chi connectivity index (χ3n) is 3.43. The van der Waals surface area contributed by atoms with Crippen LogP contribution < -0.4 is 10.6 Å². The predicted molar refractivity (Wildman–Crippen MR) is 76.0 cm³/mol. The molecular formula is C15H21N3O. The van der Waals surface area contributed by atoms with Crippen LogP contribution in [0.15, 0.2) is 18.3 Å². The second-order valence-electron chi connectivity index (χ2n) is 4.71. The van der Waals surface area contributed by atoms with Crippen molar-refractivity contribution in [2.75, 3.05) is 19.6 Å². The van der Waals surface area contributed by atoms with E-state index in [1.165, 1.54) is 0 Å². The molecule has 2 heterocycles. The minimum atomic E-state index is 0.00133. The highest BCUT2D eigenvalue weighted by Gasteiger charge is 2.19. The molecule has 0 aliphatic carbocycles. The Hall–Kier alpha value is -1.73. The molecule has 2 rings (SSSR count). The molecule has 1 aromatic heterocycles. The third-order valence-corrected chi connectivity index (χ3v) is 3.43. The summed E-state index contributed by atoms with van der Waals surface area (Å²) in [5, 5.41) is 6.27. The summed E-state index contributed by atoms with van der Waals surface area (Å²) in [6.45, 7) is 4.47. The van der Waals surface area contributed by atoms with E-state index in [2.05, 4.69) is 27.0 Å². The molecular weight excluding hydrogens is 238 g/mol. The van der Waals surface area contributed by atoms with Crippen LogP contribution in [-0.2, 0) is 0 Å². The summed E-state index contributed by atoms with van der Waals surface area (Å²) in [7, 11) is 0. The van der Waals surface area contributed by atoms with E-state index in [1.807, 2.05) is 25.3 Å². The van der Waals surface area contributed by atoms with Crippen molar-refractivity contribution >= 4 is 5.91 Å². The van der Waals surface area contributed by atoms with Gasteiger partial charge in [-0.2, -0.15) is 0 Å². The molecule has 19 heavy (non-hydrogen) atoms. The molecule has 1 saturated heterocycles. The van der Waals surface area contributed by atoms with Crippen LogP contribution in [0.3, 0.4) is 0 Å². The molecule has 1 aromatic rings. The van der Waals surface area contributed by atoms with Crippen LogP contribution in [0.1, 0.15) is 42.7 Å². The zero-order chi connectivity index (χ0) is 13.5. The number of nitrogens with one attached hydrogen (secondary N) is 2. The smallest absolute Gasteiger partial charge is 0.267 e. The van der Waals surface area contributed by atoms with Crippen LogP contribution in [0.2, 0.25) is 0 Å². The fourth-order valence-corrected chi connectivity index (χ4v) is 2.44. The first-order chi connectivity index (χ1) is 9.33. The molecule has 0 atom stereocenters. The average Bonchev–Trinajstić information content (AvgIpc) is 2.94. The van der Waals surface area contributed by atoms with Gasteiger partial charge in [-0.15, -0.1) is 11.8 Å². The molecule has 2 N–H and O–H groups in total. The standard InChI is InChI=1S/C15H21N3O/c1-2-3-4-9-17-15(19)14-6-5-12-18(14)13-7-10-16-11-8-13/h5-6,12-13,16H,4,7-11H2,1H3,(H,17,19). The molecule has 102 valence electrons. The lowest BCUT2D eigenvalue weighted by Gasteiger charge is -2.25. The van der Waals surface area contributed by atoms with Crippen molar-refractivity contribution in [2.24, 2.45) is 0 Å². The van der Waals surface area contributed by atoms with E-state index in [4.69, 9.17) is 0 Å². The van der Waals surface area contributed by atoms with E-state index >= 15 is 0 Å². The largest absolute Gasteiger partial charge is 0.350 e. The van der Waals surface area contributed by atoms with E-state index in [1.54, 1.807) is 0 Å². The molecule has 1 aliphatic heterocycles. The summed E-state index contributed by atoms with van der Waals surface area (Å²) < 4.78 is 2.11. The van der Waals surface area contributed by atoms with E-state index in [-0.39, 0.29) is 5.91 Å². The van der Waals surface area contributed by atoms with Gasteiger partial charge in [0.15, 0.2) is 0 Å². The molecule has 0 unspecified atom stereocenters. The first-order valence-corrected chi connectivity index (χ1v) is 6.88. The van der Waals surface area contributed by atoms with Gasteiger partial charge in [-0.3, -0.25) is 4.79 Å². The summed E-state index contributed by atoms with van der Waals surface area (Å²) in [5.41, 5.74) is 0.761. The number of amides is 1. The van der Waals surface area contributed by atoms with Crippen molar-refractivity contribution in [2.45, 2.75) is 32.2 Å². The molecule has 0 spiro atoms. The number of hydrogen-bond donors (Lipinski definition) is 2. The van der Waals surface area contributed by atoms with Crippen LogP contribution in [0.25, 0.3) is 0 Å². The predicted octanol–water partition coefficient (Wildman–Crippen LogP) is 1.56. The van der Waals surface area contributed by atoms with Gasteiger partial charge in [0.05, 0.1) is 0 Å². The van der Waals surface area contributed by atoms with Gasteiger partial charge in [0.1, 0.15) is 5.69 Å². The maximum atomic E-state index is 12.1. The minimum Gasteiger partial charge on any atom is -0.350 e. The highest BCUT2D eigenvalue weighted by Crippen LogP contribution is 2.21. The molecule has 0 radical (unpaired) electrons. The molecule has 0 saturated carbocycles. The van der Waals surface area contributed by atoms with Crippen LogP contribution in [0.4, 0.5) is 0 Å². The summed E-state index contributed by atoms with van der Waals surface area (Å²) in [4.78, 5) is 12.1. The van der Waals surface area contributed by atoms with Gasteiger partial charge in [-0.25, -0.2) is 0 Å². The first-order valence-electron chi connectivity index (χ1n) is 6.88. The summed E-state index contributed by atoms with van der Waals surface area (Å²) in [5.74, 6) is 5.77. The SMILES string of the molecule is CC#CCCNC(=O)c1cccn1C1CCNCC1. The second-order valence-corrected chi connectivity index (χ2v) is 4.71. The highest BCUT2D eigenvalue weighted by atomic mass is 16.1. The maximum absolute atomic E-state index is 12.1. The summed E-state index contributed by atoms with van der Waals surface area (Å²) >= 11 is 0. The lowest BCUT2D eigenvalue weighted by Crippen LogP contribution is -2.32. The Morgan fingerprint density at radius 2 is 2.32 bits per heavy atom. The Morgan fingerprint density at radius 1 is 1.53 bits per heavy atom. The van der Waals surface area contributed by atoms with Gasteiger partial charge in [-0.1, -0.05) is 0 Å². The van der Waals surface area contributed by atoms with E-state index in [9.17, 15) is 4.79 Å². The third kappa shape index (κ3) is 3.62. The van der Waals surface area contributed by atoms with Crippen molar-refractivity contribution in [1.82, 2.24) is 15.2 Å². The Balaban J connectivity index is 1.97. The molecule has 0 bridgehead atoms. The van der Waals surface area contributed by atoms with E-state index < -0.39 is 0 Å². The van der Waals surface area contributed by atoms with Crippen LogP contribution >= 0.6 is 0 Å². The van der Waals surface area contributed by atoms with Gasteiger partial charge in [0.25, 0.3) is 5.91 Å². The molecule has 1 fully saturated rings. The van der Waals surface area contributed by atoms with Crippen molar-refractivity contribution in [3.63, 3.8) is 0 Å². The molecule has 0 aromatic carbocycles. The van der Waals surface area contributed by atoms with Crippen molar-refractivity contribution < 1.29 is 4.79 Å². The first kappa shape index (κ1) is 13.7. The number of nitrogens with zero attached hydrogens (tertiary/aromatic N) is 1. The second kappa shape index (κ2) is 7.01. The quantitative estimate of drug-likeness (QED) is 0.636. The number of rotatable bonds is 4. The minimum absolute atomic E-state index is 0.00133. The van der Waals surface area contributed by atoms with Gasteiger partial charge in [-0.05, 0) is 45.0 Å². The molecule has 4 nitrogen and oxygen atoms in total. The zero-order valence-corrected chi connectivity index (χ0v) is 11.4. The van der Waals surface area contributed by atoms with Crippen LogP contribution in [0.5, 0.6) is 0 Å². The van der Waals surface area contributed by atoms with Gasteiger partial charge in [0.2, 0.25) is 0 Å². The van der Waals surface area contributed by atoms with Crippen molar-refractivity contribution in [3.05, 3.63) is 24.0 Å². The Bertz CT molecular complexity index is 475. The number of hydrogen-bond acceptors (Lipinski definition) is 2. The van der Waals surface area contributed by atoms with Gasteiger partial charge < -0.3 is 15.2 Å². The van der Waals surface area contributed by atoms with Crippen LogP contribution in [-0.4, -0.2) is 30.1 Å². The Labute approximate surface area is 114 Å². The number of carbonyl (C=O) groups excluding carboxylic acids is 1. The topological polar surface area (TPSA) is 46.1 Å². The van der Waals surface area contributed by atoms with Crippen LogP contribution in [0, 0.1) is 11.8 Å². The normalized spacial score (nSPS) is 15.6. The van der Waals surface area contributed by atoms with Crippen molar-refractivity contribution in [3.8, 4) is 11.8 Å². The number of carbonyl (C=O) groups is 1. The lowest BCUT2D eigenvalue weighted by atomic mass is 10.1. The van der Waals surface area contributed by atoms with E-state index in [0.717, 1.165) is 31.6 Å². The Morgan fingerprint density at radius 3 is 3.05 bits per heavy atom. The summed E-state index contributed by atoms with van der Waals surface area (Å²) in [6, 6.07) is 4.28. The van der Waals surface area contributed by atoms with Gasteiger partial charge >= 0.3 is 0 Å². The summed E-state index contributed by atoms with van der Waals surface area (Å²) in [6.07, 6.45) is 4.87. The zero-order valence-electron chi connectivity index (χ0n) is 11.4. The monoisotopic (exact) mass is 259 g/mol. The fraction of sp³-hybridized carbons (Fsp3) is 0.533. The molecule has 1 aliphatic rings. The maximum Gasteiger partial charge on any atom is 0.267 e. The number of piperidine rings is 1. The number of aromatic nitrogens is 1. The average molecular weight is 259 g/mol. The Kier molecular flexibility index (Phi) is 5.05. The van der Waals surface area contributed by atoms with Gasteiger partial charge in [0, 0.05) is 25.2 Å². The fourth-order valence-electron chi connectivity index (χ4n) is 2.44.